The van der Waals surface area contributed by atoms with Crippen LogP contribution in [0.5, 0.6) is 5.75 Å². The summed E-state index contributed by atoms with van der Waals surface area (Å²) in [7, 11) is 0. The van der Waals surface area contributed by atoms with E-state index in [1.165, 1.54) is 6.07 Å². The van der Waals surface area contributed by atoms with Crippen LogP contribution in [0.4, 0.5) is 0 Å². The highest BCUT2D eigenvalue weighted by Gasteiger charge is 2.10. The second-order valence-corrected chi connectivity index (χ2v) is 4.05. The van der Waals surface area contributed by atoms with Gasteiger partial charge in [0, 0.05) is 25.2 Å². The van der Waals surface area contributed by atoms with Crippen molar-refractivity contribution < 1.29 is 10.2 Å². The van der Waals surface area contributed by atoms with Gasteiger partial charge in [-0.25, -0.2) is 0 Å². The van der Waals surface area contributed by atoms with Crippen molar-refractivity contribution in [1.82, 2.24) is 4.57 Å². The average molecular weight is 245 g/mol. The highest BCUT2D eigenvalue weighted by atomic mass is 16.3. The van der Waals surface area contributed by atoms with Gasteiger partial charge in [-0.3, -0.25) is 4.79 Å². The highest BCUT2D eigenvalue weighted by Crippen LogP contribution is 2.16. The molecule has 2 rings (SSSR count). The van der Waals surface area contributed by atoms with Crippen LogP contribution in [0.1, 0.15) is 11.3 Å². The Labute approximate surface area is 105 Å². The van der Waals surface area contributed by atoms with Gasteiger partial charge in [0.05, 0.1) is 12.3 Å². The van der Waals surface area contributed by atoms with Crippen LogP contribution in [0.2, 0.25) is 0 Å². The molecule has 0 radical (unpaired) electrons. The lowest BCUT2D eigenvalue weighted by molar-refractivity contribution is 0.273. The minimum Gasteiger partial charge on any atom is -0.503 e. The Morgan fingerprint density at radius 1 is 1.11 bits per heavy atom. The summed E-state index contributed by atoms with van der Waals surface area (Å²) < 4.78 is 1.70. The summed E-state index contributed by atoms with van der Waals surface area (Å²) in [6, 6.07) is 10.9. The van der Waals surface area contributed by atoms with E-state index in [2.05, 4.69) is 0 Å². The van der Waals surface area contributed by atoms with Gasteiger partial charge in [-0.15, -0.1) is 0 Å². The van der Waals surface area contributed by atoms with E-state index in [0.717, 1.165) is 5.56 Å². The Balaban J connectivity index is 2.42. The zero-order valence-corrected chi connectivity index (χ0v) is 9.91. The molecule has 0 unspecified atom stereocenters. The van der Waals surface area contributed by atoms with Crippen LogP contribution in [0, 0.1) is 0 Å². The summed E-state index contributed by atoms with van der Waals surface area (Å²) in [6.07, 6.45) is 2.05. The molecule has 2 N–H and O–H groups in total. The lowest BCUT2D eigenvalue weighted by Crippen LogP contribution is -2.14. The van der Waals surface area contributed by atoms with E-state index >= 15 is 0 Å². The molecule has 4 heteroatoms. The van der Waals surface area contributed by atoms with Gasteiger partial charge in [0.1, 0.15) is 0 Å². The fraction of sp³-hybridized carbons (Fsp3) is 0.214. The van der Waals surface area contributed by atoms with Crippen molar-refractivity contribution in [2.75, 3.05) is 6.61 Å². The molecular formula is C14H15NO3. The fourth-order valence-electron chi connectivity index (χ4n) is 1.90. The van der Waals surface area contributed by atoms with Crippen molar-refractivity contribution in [3.63, 3.8) is 0 Å². The van der Waals surface area contributed by atoms with E-state index in [0.29, 0.717) is 18.7 Å². The molecule has 0 amide bonds. The first-order valence-corrected chi connectivity index (χ1v) is 5.78. The monoisotopic (exact) mass is 245 g/mol. The number of rotatable bonds is 4. The lowest BCUT2D eigenvalue weighted by Gasteiger charge is -2.13. The van der Waals surface area contributed by atoms with Crippen LogP contribution in [0.3, 0.4) is 0 Å². The topological polar surface area (TPSA) is 62.5 Å². The van der Waals surface area contributed by atoms with E-state index < -0.39 is 5.43 Å². The third kappa shape index (κ3) is 2.60. The summed E-state index contributed by atoms with van der Waals surface area (Å²) in [4.78, 5) is 11.5. The molecule has 1 aromatic heterocycles. The predicted octanol–water partition coefficient (Wildman–Crippen LogP) is 1.14. The number of aromatic nitrogens is 1. The zero-order chi connectivity index (χ0) is 13.0. The molecule has 0 saturated heterocycles. The molecule has 18 heavy (non-hydrogen) atoms. The van der Waals surface area contributed by atoms with Gasteiger partial charge in [0.25, 0.3) is 0 Å². The first-order chi connectivity index (χ1) is 8.72. The summed E-state index contributed by atoms with van der Waals surface area (Å²) >= 11 is 0. The van der Waals surface area contributed by atoms with E-state index in [4.69, 9.17) is 5.11 Å². The van der Waals surface area contributed by atoms with Gasteiger partial charge < -0.3 is 14.8 Å². The number of hydrogen-bond acceptors (Lipinski definition) is 3. The Bertz CT molecular complexity index is 575. The SMILES string of the molecule is O=c1ccn(CCO)c(Cc2ccccc2)c1O. The molecule has 0 aliphatic heterocycles. The van der Waals surface area contributed by atoms with Crippen molar-refractivity contribution in [3.8, 4) is 5.75 Å². The van der Waals surface area contributed by atoms with Crippen LogP contribution in [0.15, 0.2) is 47.4 Å². The molecule has 4 nitrogen and oxygen atoms in total. The predicted molar refractivity (Wildman–Crippen MR) is 68.7 cm³/mol. The largest absolute Gasteiger partial charge is 0.503 e. The molecule has 2 aromatic rings. The molecule has 1 heterocycles. The van der Waals surface area contributed by atoms with Crippen molar-refractivity contribution in [3.05, 3.63) is 64.1 Å². The molecule has 0 fully saturated rings. The number of aromatic hydroxyl groups is 1. The number of benzene rings is 1. The quantitative estimate of drug-likeness (QED) is 0.849. The van der Waals surface area contributed by atoms with Gasteiger partial charge in [0.15, 0.2) is 5.75 Å². The van der Waals surface area contributed by atoms with E-state index in [-0.39, 0.29) is 12.4 Å². The molecule has 0 aliphatic carbocycles. The maximum Gasteiger partial charge on any atom is 0.223 e. The van der Waals surface area contributed by atoms with Crippen molar-refractivity contribution in [1.29, 1.82) is 0 Å². The standard InChI is InChI=1S/C14H15NO3/c16-9-8-15-7-6-13(17)14(18)12(15)10-11-4-2-1-3-5-11/h1-7,16,18H,8-10H2. The molecule has 0 atom stereocenters. The fourth-order valence-corrected chi connectivity index (χ4v) is 1.90. The molecule has 94 valence electrons. The van der Waals surface area contributed by atoms with E-state index in [9.17, 15) is 9.90 Å². The first-order valence-electron chi connectivity index (χ1n) is 5.78. The smallest absolute Gasteiger partial charge is 0.223 e. The molecule has 0 spiro atoms. The van der Waals surface area contributed by atoms with Gasteiger partial charge >= 0.3 is 0 Å². The number of aliphatic hydroxyl groups excluding tert-OH is 1. The summed E-state index contributed by atoms with van der Waals surface area (Å²) in [5.41, 5.74) is 1.14. The van der Waals surface area contributed by atoms with Gasteiger partial charge in [-0.05, 0) is 5.56 Å². The second-order valence-electron chi connectivity index (χ2n) is 4.05. The van der Waals surface area contributed by atoms with Gasteiger partial charge in [-0.1, -0.05) is 30.3 Å². The van der Waals surface area contributed by atoms with Crippen molar-refractivity contribution in [2.24, 2.45) is 0 Å². The summed E-state index contributed by atoms with van der Waals surface area (Å²) in [6.45, 7) is 0.320. The second kappa shape index (κ2) is 5.51. The normalized spacial score (nSPS) is 10.5. The minimum absolute atomic E-state index is 0.0376. The van der Waals surface area contributed by atoms with Crippen LogP contribution < -0.4 is 5.43 Å². The lowest BCUT2D eigenvalue weighted by atomic mass is 10.1. The maximum atomic E-state index is 11.5. The van der Waals surface area contributed by atoms with E-state index in [1.54, 1.807) is 10.8 Å². The number of hydrogen-bond donors (Lipinski definition) is 2. The van der Waals surface area contributed by atoms with Gasteiger partial charge in [-0.2, -0.15) is 0 Å². The summed E-state index contributed by atoms with van der Waals surface area (Å²) in [5.74, 6) is -0.241. The zero-order valence-electron chi connectivity index (χ0n) is 9.91. The number of aliphatic hydroxyl groups is 1. The van der Waals surface area contributed by atoms with E-state index in [1.807, 2.05) is 30.3 Å². The molecular weight excluding hydrogens is 230 g/mol. The number of pyridine rings is 1. The van der Waals surface area contributed by atoms with Crippen molar-refractivity contribution in [2.45, 2.75) is 13.0 Å². The Kier molecular flexibility index (Phi) is 3.79. The van der Waals surface area contributed by atoms with Crippen LogP contribution >= 0.6 is 0 Å². The van der Waals surface area contributed by atoms with Crippen LogP contribution in [0.25, 0.3) is 0 Å². The third-order valence-electron chi connectivity index (χ3n) is 2.81. The van der Waals surface area contributed by atoms with Crippen LogP contribution in [-0.2, 0) is 13.0 Å². The van der Waals surface area contributed by atoms with Crippen LogP contribution in [-0.4, -0.2) is 21.4 Å². The Morgan fingerprint density at radius 2 is 1.83 bits per heavy atom. The molecule has 0 aliphatic rings. The molecule has 1 aromatic carbocycles. The molecule has 0 bridgehead atoms. The Hall–Kier alpha value is -2.07. The molecule has 0 saturated carbocycles. The maximum absolute atomic E-state index is 11.5. The Morgan fingerprint density at radius 3 is 2.50 bits per heavy atom. The van der Waals surface area contributed by atoms with Crippen molar-refractivity contribution >= 4 is 0 Å². The van der Waals surface area contributed by atoms with Gasteiger partial charge in [0.2, 0.25) is 5.43 Å². The minimum atomic E-state index is -0.393. The third-order valence-corrected chi connectivity index (χ3v) is 2.81. The highest BCUT2D eigenvalue weighted by molar-refractivity contribution is 5.32. The average Bonchev–Trinajstić information content (AvgIpc) is 2.40. The number of nitrogens with zero attached hydrogens (tertiary/aromatic N) is 1. The first kappa shape index (κ1) is 12.4. The summed E-state index contributed by atoms with van der Waals surface area (Å²) in [5, 5.41) is 18.8.